The Kier molecular flexibility index (Phi) is 7.27. The van der Waals surface area contributed by atoms with Crippen LogP contribution in [0.25, 0.3) is 0 Å². The Labute approximate surface area is 139 Å². The molecule has 0 saturated carbocycles. The number of benzene rings is 1. The van der Waals surface area contributed by atoms with Crippen LogP contribution in [0.3, 0.4) is 0 Å². The summed E-state index contributed by atoms with van der Waals surface area (Å²) in [6, 6.07) is 5.99. The maximum atomic E-state index is 12.9. The van der Waals surface area contributed by atoms with Gasteiger partial charge < -0.3 is 9.64 Å². The predicted molar refractivity (Wildman–Crippen MR) is 92.7 cm³/mol. The summed E-state index contributed by atoms with van der Waals surface area (Å²) < 4.78 is 4.71. The highest BCUT2D eigenvalue weighted by Crippen LogP contribution is 2.21. The number of ether oxygens (including phenoxy) is 1. The van der Waals surface area contributed by atoms with Gasteiger partial charge in [0, 0.05) is 11.6 Å². The number of carbonyl (C=O) groups excluding carboxylic acids is 2. The van der Waals surface area contributed by atoms with Gasteiger partial charge in [-0.1, -0.05) is 33.3 Å². The standard InChI is InChI=1S/C19H29NO3/c1-7-8-15-9-16(13(2)3)11-17(10-15)19(22)20(14(4)5)12-18(21)23-6/h9-11,13-14H,7-8,12H2,1-6H3. The van der Waals surface area contributed by atoms with Crippen molar-refractivity contribution in [3.63, 3.8) is 0 Å². The smallest absolute Gasteiger partial charge is 0.325 e. The van der Waals surface area contributed by atoms with Gasteiger partial charge in [-0.05, 0) is 49.4 Å². The van der Waals surface area contributed by atoms with E-state index in [1.807, 2.05) is 26.0 Å². The highest BCUT2D eigenvalue weighted by Gasteiger charge is 2.23. The Morgan fingerprint density at radius 2 is 1.78 bits per heavy atom. The molecule has 0 aliphatic rings. The molecule has 0 unspecified atom stereocenters. The van der Waals surface area contributed by atoms with Gasteiger partial charge in [0.25, 0.3) is 5.91 Å². The van der Waals surface area contributed by atoms with E-state index in [0.29, 0.717) is 11.5 Å². The molecule has 0 N–H and O–H groups in total. The van der Waals surface area contributed by atoms with E-state index in [2.05, 4.69) is 26.8 Å². The van der Waals surface area contributed by atoms with Crippen molar-refractivity contribution in [3.8, 4) is 0 Å². The molecule has 0 atom stereocenters. The van der Waals surface area contributed by atoms with Crippen molar-refractivity contribution in [3.05, 3.63) is 34.9 Å². The number of hydrogen-bond donors (Lipinski definition) is 0. The van der Waals surface area contributed by atoms with Gasteiger partial charge in [0.2, 0.25) is 0 Å². The van der Waals surface area contributed by atoms with E-state index < -0.39 is 5.97 Å². The Hall–Kier alpha value is -1.84. The third-order valence-electron chi connectivity index (χ3n) is 3.88. The largest absolute Gasteiger partial charge is 0.468 e. The molecule has 0 aliphatic heterocycles. The zero-order valence-corrected chi connectivity index (χ0v) is 15.2. The second-order valence-corrected chi connectivity index (χ2v) is 6.47. The van der Waals surface area contributed by atoms with Crippen molar-refractivity contribution in [1.29, 1.82) is 0 Å². The fourth-order valence-electron chi connectivity index (χ4n) is 2.47. The van der Waals surface area contributed by atoms with E-state index in [1.165, 1.54) is 12.7 Å². The van der Waals surface area contributed by atoms with Gasteiger partial charge in [-0.15, -0.1) is 0 Å². The molecule has 1 aromatic carbocycles. The fraction of sp³-hybridized carbons (Fsp3) is 0.579. The molecule has 1 rings (SSSR count). The molecular formula is C19H29NO3. The first kappa shape index (κ1) is 19.2. The highest BCUT2D eigenvalue weighted by atomic mass is 16.5. The molecule has 0 bridgehead atoms. The normalized spacial score (nSPS) is 11.0. The van der Waals surface area contributed by atoms with E-state index in [0.717, 1.165) is 18.4 Å². The second kappa shape index (κ2) is 8.70. The Balaban J connectivity index is 3.19. The topological polar surface area (TPSA) is 46.6 Å². The number of hydrogen-bond acceptors (Lipinski definition) is 3. The van der Waals surface area contributed by atoms with E-state index >= 15 is 0 Å². The lowest BCUT2D eigenvalue weighted by molar-refractivity contribution is -0.141. The molecule has 0 aromatic heterocycles. The number of amides is 1. The monoisotopic (exact) mass is 319 g/mol. The van der Waals surface area contributed by atoms with Crippen molar-refractivity contribution in [2.75, 3.05) is 13.7 Å². The van der Waals surface area contributed by atoms with Crippen molar-refractivity contribution in [2.24, 2.45) is 0 Å². The molecule has 1 amide bonds. The summed E-state index contributed by atoms with van der Waals surface area (Å²) in [4.78, 5) is 26.0. The summed E-state index contributed by atoms with van der Waals surface area (Å²) in [5, 5.41) is 0. The van der Waals surface area contributed by atoms with E-state index in [1.54, 1.807) is 4.90 Å². The van der Waals surface area contributed by atoms with Gasteiger partial charge in [-0.2, -0.15) is 0 Å². The summed E-state index contributed by atoms with van der Waals surface area (Å²) in [6.07, 6.45) is 1.98. The Morgan fingerprint density at radius 3 is 2.26 bits per heavy atom. The third-order valence-corrected chi connectivity index (χ3v) is 3.88. The van der Waals surface area contributed by atoms with Gasteiger partial charge >= 0.3 is 5.97 Å². The molecule has 4 nitrogen and oxygen atoms in total. The van der Waals surface area contributed by atoms with Crippen LogP contribution in [-0.2, 0) is 16.0 Å². The van der Waals surface area contributed by atoms with Crippen LogP contribution in [0.15, 0.2) is 18.2 Å². The van der Waals surface area contributed by atoms with E-state index in [9.17, 15) is 9.59 Å². The lowest BCUT2D eigenvalue weighted by Gasteiger charge is -2.26. The first-order valence-electron chi connectivity index (χ1n) is 8.31. The molecule has 4 heteroatoms. The van der Waals surface area contributed by atoms with Gasteiger partial charge in [0.05, 0.1) is 7.11 Å². The summed E-state index contributed by atoms with van der Waals surface area (Å²) in [7, 11) is 1.34. The predicted octanol–water partition coefficient (Wildman–Crippen LogP) is 3.79. The Bertz CT molecular complexity index is 550. The van der Waals surface area contributed by atoms with Crippen LogP contribution in [0.1, 0.15) is 68.4 Å². The zero-order chi connectivity index (χ0) is 17.6. The molecule has 0 fully saturated rings. The molecule has 1 aromatic rings. The first-order valence-corrected chi connectivity index (χ1v) is 8.31. The van der Waals surface area contributed by atoms with Crippen molar-refractivity contribution < 1.29 is 14.3 Å². The van der Waals surface area contributed by atoms with Gasteiger partial charge in [0.15, 0.2) is 0 Å². The van der Waals surface area contributed by atoms with Crippen molar-refractivity contribution in [1.82, 2.24) is 4.90 Å². The van der Waals surface area contributed by atoms with Crippen molar-refractivity contribution >= 4 is 11.9 Å². The maximum absolute atomic E-state index is 12.9. The lowest BCUT2D eigenvalue weighted by Crippen LogP contribution is -2.41. The summed E-state index contributed by atoms with van der Waals surface area (Å²) in [6.45, 7) is 10.1. The second-order valence-electron chi connectivity index (χ2n) is 6.47. The molecule has 0 saturated heterocycles. The molecule has 0 radical (unpaired) electrons. The van der Waals surface area contributed by atoms with Gasteiger partial charge in [0.1, 0.15) is 6.54 Å². The minimum Gasteiger partial charge on any atom is -0.468 e. The quantitative estimate of drug-likeness (QED) is 0.718. The number of rotatable bonds is 7. The zero-order valence-electron chi connectivity index (χ0n) is 15.2. The average Bonchev–Trinajstić information content (AvgIpc) is 2.51. The number of methoxy groups -OCH3 is 1. The first-order chi connectivity index (χ1) is 10.8. The van der Waals surface area contributed by atoms with Crippen LogP contribution in [0.2, 0.25) is 0 Å². The lowest BCUT2D eigenvalue weighted by atomic mass is 9.95. The van der Waals surface area contributed by atoms with Crippen LogP contribution < -0.4 is 0 Å². The molecule has 0 aliphatic carbocycles. The summed E-state index contributed by atoms with van der Waals surface area (Å²) in [5.74, 6) is -0.169. The Morgan fingerprint density at radius 1 is 1.13 bits per heavy atom. The molecule has 0 heterocycles. The summed E-state index contributed by atoms with van der Waals surface area (Å²) >= 11 is 0. The fourth-order valence-corrected chi connectivity index (χ4v) is 2.47. The number of carbonyl (C=O) groups is 2. The van der Waals surface area contributed by atoms with E-state index in [-0.39, 0.29) is 18.5 Å². The average molecular weight is 319 g/mol. The number of esters is 1. The minimum atomic E-state index is -0.402. The molecule has 128 valence electrons. The molecular weight excluding hydrogens is 290 g/mol. The van der Waals surface area contributed by atoms with Crippen LogP contribution in [0, 0.1) is 0 Å². The van der Waals surface area contributed by atoms with E-state index in [4.69, 9.17) is 4.74 Å². The maximum Gasteiger partial charge on any atom is 0.325 e. The number of aryl methyl sites for hydroxylation is 1. The van der Waals surface area contributed by atoms with Crippen LogP contribution in [-0.4, -0.2) is 36.5 Å². The van der Waals surface area contributed by atoms with Crippen LogP contribution in [0.5, 0.6) is 0 Å². The highest BCUT2D eigenvalue weighted by molar-refractivity contribution is 5.96. The van der Waals surface area contributed by atoms with Crippen LogP contribution >= 0.6 is 0 Å². The number of nitrogens with zero attached hydrogens (tertiary/aromatic N) is 1. The SMILES string of the molecule is CCCc1cc(C(=O)N(CC(=O)OC)C(C)C)cc(C(C)C)c1. The molecule has 0 spiro atoms. The van der Waals surface area contributed by atoms with Crippen LogP contribution in [0.4, 0.5) is 0 Å². The molecule has 23 heavy (non-hydrogen) atoms. The summed E-state index contributed by atoms with van der Waals surface area (Å²) in [5.41, 5.74) is 2.97. The third kappa shape index (κ3) is 5.38. The van der Waals surface area contributed by atoms with Crippen molar-refractivity contribution in [2.45, 2.75) is 59.4 Å². The minimum absolute atomic E-state index is 0.0258. The van der Waals surface area contributed by atoms with Gasteiger partial charge in [-0.3, -0.25) is 9.59 Å². The van der Waals surface area contributed by atoms with Gasteiger partial charge in [-0.25, -0.2) is 0 Å².